The topological polar surface area (TPSA) is 49.4 Å². The van der Waals surface area contributed by atoms with Gasteiger partial charge in [0.15, 0.2) is 0 Å². The molecule has 4 aliphatic rings. The van der Waals surface area contributed by atoms with Crippen LogP contribution in [0, 0.1) is 6.92 Å². The van der Waals surface area contributed by atoms with E-state index < -0.39 is 0 Å². The normalized spacial score (nSPS) is 14.3. The molecule has 9 rings (SSSR count). The van der Waals surface area contributed by atoms with Gasteiger partial charge in [-0.15, -0.1) is 0 Å². The first-order valence-corrected chi connectivity index (χ1v) is 21.6. The highest BCUT2D eigenvalue weighted by Gasteiger charge is 2.25. The Balaban J connectivity index is 0.000000132. The van der Waals surface area contributed by atoms with Crippen molar-refractivity contribution in [3.63, 3.8) is 0 Å². The zero-order valence-corrected chi connectivity index (χ0v) is 38.1. The number of hydrogen-bond acceptors (Lipinski definition) is 4. The number of aliphatic imine (C=N–C) groups is 4. The van der Waals surface area contributed by atoms with Crippen molar-refractivity contribution in [2.45, 2.75) is 125 Å². The van der Waals surface area contributed by atoms with Crippen molar-refractivity contribution >= 4 is 38.7 Å². The van der Waals surface area contributed by atoms with Crippen LogP contribution in [0.3, 0.4) is 0 Å². The van der Waals surface area contributed by atoms with Crippen LogP contribution in [0.2, 0.25) is 0 Å². The largest absolute Gasteiger partial charge is 0.288 e. The minimum absolute atomic E-state index is 0.207. The van der Waals surface area contributed by atoms with E-state index >= 15 is 0 Å². The second kappa shape index (κ2) is 18.0. The average Bonchev–Trinajstić information content (AvgIpc) is 4.02. The third kappa shape index (κ3) is 9.58. The zero-order valence-electron chi connectivity index (χ0n) is 36.5. The average molecular weight is 834 g/mol. The number of hydrogen-bond donors (Lipinski definition) is 0. The molecule has 5 aromatic rings. The Bertz CT molecular complexity index is 2380. The lowest BCUT2D eigenvalue weighted by Gasteiger charge is -2.23. The van der Waals surface area contributed by atoms with E-state index in [0.717, 1.165) is 36.5 Å². The van der Waals surface area contributed by atoms with Crippen LogP contribution in [-0.2, 0) is 37.0 Å². The van der Waals surface area contributed by atoms with Gasteiger partial charge in [-0.05, 0) is 101 Å². The molecule has 0 N–H and O–H groups in total. The molecule has 0 atom stereocenters. The Morgan fingerprint density at radius 1 is 0.517 bits per heavy atom. The van der Waals surface area contributed by atoms with E-state index in [0.29, 0.717) is 11.8 Å². The molecule has 0 saturated heterocycles. The molecule has 5 heteroatoms. The minimum atomic E-state index is 0.207. The van der Waals surface area contributed by atoms with Crippen LogP contribution in [0.15, 0.2) is 117 Å². The van der Waals surface area contributed by atoms with Crippen LogP contribution in [0.1, 0.15) is 159 Å². The van der Waals surface area contributed by atoms with Gasteiger partial charge in [-0.25, -0.2) is 0 Å². The van der Waals surface area contributed by atoms with E-state index in [9.17, 15) is 0 Å². The predicted molar refractivity (Wildman–Crippen MR) is 254 cm³/mol. The van der Waals surface area contributed by atoms with Crippen LogP contribution in [0.5, 0.6) is 0 Å². The molecule has 0 amide bonds. The molecule has 0 unspecified atom stereocenters. The van der Waals surface area contributed by atoms with E-state index in [4.69, 9.17) is 4.99 Å². The number of nitrogens with zero attached hydrogens (tertiary/aromatic N) is 4. The molecule has 4 heterocycles. The molecule has 5 aromatic carbocycles. The van der Waals surface area contributed by atoms with Gasteiger partial charge < -0.3 is 0 Å². The van der Waals surface area contributed by atoms with Crippen LogP contribution in [-0.4, -0.2) is 22.8 Å². The summed E-state index contributed by atoms with van der Waals surface area (Å²) in [6, 6.07) is 34.4. The minimum Gasteiger partial charge on any atom is -0.288 e. The fourth-order valence-electron chi connectivity index (χ4n) is 8.28. The van der Waals surface area contributed by atoms with Crippen molar-refractivity contribution < 1.29 is 0 Å². The van der Waals surface area contributed by atoms with Gasteiger partial charge in [-0.2, -0.15) is 0 Å². The van der Waals surface area contributed by atoms with Gasteiger partial charge in [0.1, 0.15) is 4.62 Å². The van der Waals surface area contributed by atoms with E-state index in [2.05, 4.69) is 198 Å². The Morgan fingerprint density at radius 2 is 1.09 bits per heavy atom. The van der Waals surface area contributed by atoms with Crippen molar-refractivity contribution in [2.24, 2.45) is 20.0 Å². The standard InChI is InChI=1S/C17H17N.C13H17N.C12H14BrN.C11H13N/c1-12(2)14-9-6-10-15-16(14)11-18-17(15)13-7-4-3-5-8-13;1-9-5-6-12(13(2,3)4)11-8-14-7-10(9)11;1-12(2,3)10-6-4-5-8-9(10)7-14-11(8)13;1-8(2)10-5-3-4-9-6-12-7-11(9)10/h3-10,12H,11H2,1-2H3;5-7H,8H2,1-4H3;4-6H,7H2,1-3H3;3-6,8H,7H2,1-2H3. The van der Waals surface area contributed by atoms with Gasteiger partial charge in [0.2, 0.25) is 0 Å². The third-order valence-electron chi connectivity index (χ3n) is 11.3. The van der Waals surface area contributed by atoms with Crippen molar-refractivity contribution in [1.29, 1.82) is 0 Å². The lowest BCUT2D eigenvalue weighted by atomic mass is 9.82. The lowest BCUT2D eigenvalue weighted by molar-refractivity contribution is 0.583. The molecule has 0 radical (unpaired) electrons. The highest BCUT2D eigenvalue weighted by atomic mass is 79.9. The highest BCUT2D eigenvalue weighted by Crippen LogP contribution is 2.34. The summed E-state index contributed by atoms with van der Waals surface area (Å²) in [5.41, 5.74) is 20.7. The van der Waals surface area contributed by atoms with E-state index in [1.807, 2.05) is 18.5 Å². The number of benzene rings is 5. The number of halogens is 1. The van der Waals surface area contributed by atoms with Gasteiger partial charge >= 0.3 is 0 Å². The summed E-state index contributed by atoms with van der Waals surface area (Å²) in [6.07, 6.45) is 3.99. The Labute approximate surface area is 356 Å². The Kier molecular flexibility index (Phi) is 13.3. The van der Waals surface area contributed by atoms with Gasteiger partial charge in [0.05, 0.1) is 31.9 Å². The molecular weight excluding hydrogens is 773 g/mol. The molecule has 0 aromatic heterocycles. The summed E-state index contributed by atoms with van der Waals surface area (Å²) in [6.45, 7) is 28.0. The summed E-state index contributed by atoms with van der Waals surface area (Å²) in [7, 11) is 0. The summed E-state index contributed by atoms with van der Waals surface area (Å²) in [5, 5.41) is 0. The SMILES string of the molecule is CC(C)(C)c1cccc2c1CN=C2Br.CC(C)c1cccc2c1CN=C2.CC(C)c1cccc2c1CN=C2c1ccccc1.Cc1ccc(C(C)(C)C)c2c1C=NC2. The maximum Gasteiger partial charge on any atom is 0.108 e. The fraction of sp³-hybridized carbons (Fsp3) is 0.358. The molecule has 0 saturated carbocycles. The fourth-order valence-corrected chi connectivity index (χ4v) is 8.78. The van der Waals surface area contributed by atoms with Crippen LogP contribution < -0.4 is 0 Å². The molecule has 0 spiro atoms. The van der Waals surface area contributed by atoms with Crippen molar-refractivity contribution in [3.8, 4) is 0 Å². The summed E-state index contributed by atoms with van der Waals surface area (Å²) < 4.78 is 0.999. The monoisotopic (exact) mass is 832 g/mol. The molecule has 4 aliphatic heterocycles. The van der Waals surface area contributed by atoms with Crippen molar-refractivity contribution in [3.05, 3.63) is 175 Å². The third-order valence-corrected chi connectivity index (χ3v) is 12.0. The molecule has 58 heavy (non-hydrogen) atoms. The molecule has 0 fully saturated rings. The van der Waals surface area contributed by atoms with Crippen LogP contribution in [0.25, 0.3) is 0 Å². The van der Waals surface area contributed by atoms with E-state index in [1.165, 1.54) is 77.9 Å². The quantitative estimate of drug-likeness (QED) is 0.174. The summed E-state index contributed by atoms with van der Waals surface area (Å²) in [4.78, 5) is 17.8. The predicted octanol–water partition coefficient (Wildman–Crippen LogP) is 13.8. The van der Waals surface area contributed by atoms with Crippen LogP contribution in [0.4, 0.5) is 0 Å². The Morgan fingerprint density at radius 3 is 1.76 bits per heavy atom. The second-order valence-electron chi connectivity index (χ2n) is 18.3. The molecule has 4 nitrogen and oxygen atoms in total. The zero-order chi connectivity index (χ0) is 41.8. The van der Waals surface area contributed by atoms with Crippen molar-refractivity contribution in [1.82, 2.24) is 0 Å². The van der Waals surface area contributed by atoms with E-state index in [-0.39, 0.29) is 10.8 Å². The first kappa shape index (κ1) is 42.9. The van der Waals surface area contributed by atoms with Gasteiger partial charge in [0.25, 0.3) is 0 Å². The number of aryl methyl sites for hydroxylation is 1. The summed E-state index contributed by atoms with van der Waals surface area (Å²) >= 11 is 3.49. The lowest BCUT2D eigenvalue weighted by Crippen LogP contribution is -2.14. The second-order valence-corrected chi connectivity index (χ2v) is 19.1. The van der Waals surface area contributed by atoms with Gasteiger partial charge in [0, 0.05) is 34.7 Å². The van der Waals surface area contributed by atoms with E-state index in [1.54, 1.807) is 0 Å². The molecule has 0 aliphatic carbocycles. The smallest absolute Gasteiger partial charge is 0.108 e. The highest BCUT2D eigenvalue weighted by molar-refractivity contribution is 9.18. The van der Waals surface area contributed by atoms with Crippen molar-refractivity contribution in [2.75, 3.05) is 0 Å². The first-order chi connectivity index (χ1) is 27.6. The molecule has 300 valence electrons. The van der Waals surface area contributed by atoms with Crippen LogP contribution >= 0.6 is 15.9 Å². The molecular formula is C53H61BrN4. The summed E-state index contributed by atoms with van der Waals surface area (Å²) in [5.74, 6) is 1.17. The first-order valence-electron chi connectivity index (χ1n) is 20.8. The maximum absolute atomic E-state index is 4.73. The number of rotatable bonds is 3. The number of fused-ring (bicyclic) bond motifs is 4. The Hall–Kier alpha value is -4.74. The van der Waals surface area contributed by atoms with Gasteiger partial charge in [-0.3, -0.25) is 20.0 Å². The molecule has 0 bridgehead atoms. The van der Waals surface area contributed by atoms with Gasteiger partial charge in [-0.1, -0.05) is 166 Å². The maximum atomic E-state index is 4.73.